The van der Waals surface area contributed by atoms with Crippen molar-refractivity contribution in [3.8, 4) is 5.75 Å². The summed E-state index contributed by atoms with van der Waals surface area (Å²) in [6.45, 7) is 2.45. The van der Waals surface area contributed by atoms with E-state index in [2.05, 4.69) is 5.32 Å². The quantitative estimate of drug-likeness (QED) is 0.874. The number of ether oxygens (including phenoxy) is 1. The molecule has 0 bridgehead atoms. The monoisotopic (exact) mass is 291 g/mol. The third-order valence-corrected chi connectivity index (χ3v) is 3.83. The molecule has 1 saturated carbocycles. The van der Waals surface area contributed by atoms with Gasteiger partial charge in [0.2, 0.25) is 5.91 Å². The van der Waals surface area contributed by atoms with Crippen LogP contribution in [0.2, 0.25) is 0 Å². The average molecular weight is 291 g/mol. The molecule has 0 spiro atoms. The molecule has 21 heavy (non-hydrogen) atoms. The number of carbonyl (C=O) groups excluding carboxylic acids is 1. The zero-order valence-electron chi connectivity index (χ0n) is 12.2. The maximum absolute atomic E-state index is 12.3. The smallest absolute Gasteiger partial charge is 0.307 e. The van der Waals surface area contributed by atoms with Crippen molar-refractivity contribution in [2.45, 2.75) is 32.6 Å². The highest BCUT2D eigenvalue weighted by Crippen LogP contribution is 2.31. The van der Waals surface area contributed by atoms with Crippen LogP contribution >= 0.6 is 0 Å². The van der Waals surface area contributed by atoms with Gasteiger partial charge in [0.25, 0.3) is 0 Å². The highest BCUT2D eigenvalue weighted by atomic mass is 16.5. The second kappa shape index (κ2) is 7.11. The minimum atomic E-state index is -0.877. The number of anilines is 1. The van der Waals surface area contributed by atoms with Crippen LogP contribution in [-0.2, 0) is 9.59 Å². The van der Waals surface area contributed by atoms with E-state index in [0.717, 1.165) is 12.8 Å². The van der Waals surface area contributed by atoms with E-state index >= 15 is 0 Å². The maximum Gasteiger partial charge on any atom is 0.307 e. The van der Waals surface area contributed by atoms with E-state index in [9.17, 15) is 14.7 Å². The van der Waals surface area contributed by atoms with Gasteiger partial charge in [-0.05, 0) is 31.9 Å². The van der Waals surface area contributed by atoms with Gasteiger partial charge in [0.15, 0.2) is 0 Å². The maximum atomic E-state index is 12.3. The Morgan fingerprint density at radius 1 is 1.29 bits per heavy atom. The minimum Gasteiger partial charge on any atom is -0.494 e. The van der Waals surface area contributed by atoms with Crippen LogP contribution in [0.1, 0.15) is 32.6 Å². The summed E-state index contributed by atoms with van der Waals surface area (Å²) >= 11 is 0. The summed E-state index contributed by atoms with van der Waals surface area (Å²) in [6.07, 6.45) is 2.99. The van der Waals surface area contributed by atoms with Crippen molar-refractivity contribution >= 4 is 17.6 Å². The fourth-order valence-electron chi connectivity index (χ4n) is 2.81. The number of hydrogen-bond acceptors (Lipinski definition) is 3. The standard InChI is InChI=1S/C16H21NO4/c1-2-21-12-7-5-6-11(10-12)17-15(18)13-8-3-4-9-14(13)16(19)20/h5-7,10,13-14H,2-4,8-9H2,1H3,(H,17,18)(H,19,20)/t13-,14-/m1/s1. The Morgan fingerprint density at radius 3 is 2.67 bits per heavy atom. The molecule has 0 heterocycles. The lowest BCUT2D eigenvalue weighted by molar-refractivity contribution is -0.147. The Hall–Kier alpha value is -2.04. The molecule has 0 radical (unpaired) electrons. The van der Waals surface area contributed by atoms with Crippen molar-refractivity contribution < 1.29 is 19.4 Å². The number of nitrogens with one attached hydrogen (secondary N) is 1. The van der Waals surface area contributed by atoms with Gasteiger partial charge in [-0.3, -0.25) is 9.59 Å². The highest BCUT2D eigenvalue weighted by molar-refractivity contribution is 5.95. The number of rotatable bonds is 5. The number of benzene rings is 1. The van der Waals surface area contributed by atoms with Gasteiger partial charge in [-0.1, -0.05) is 18.9 Å². The molecule has 1 fully saturated rings. The Labute approximate surface area is 124 Å². The fourth-order valence-corrected chi connectivity index (χ4v) is 2.81. The number of amides is 1. The number of carboxylic acids is 1. The van der Waals surface area contributed by atoms with Crippen molar-refractivity contribution in [1.82, 2.24) is 0 Å². The first-order chi connectivity index (χ1) is 10.1. The molecule has 1 aliphatic carbocycles. The molecule has 1 aromatic carbocycles. The fraction of sp³-hybridized carbons (Fsp3) is 0.500. The molecule has 1 aliphatic rings. The molecule has 2 atom stereocenters. The van der Waals surface area contributed by atoms with Crippen molar-refractivity contribution in [3.05, 3.63) is 24.3 Å². The first-order valence-electron chi connectivity index (χ1n) is 7.38. The molecule has 0 saturated heterocycles. The van der Waals surface area contributed by atoms with Crippen LogP contribution in [0.15, 0.2) is 24.3 Å². The highest BCUT2D eigenvalue weighted by Gasteiger charge is 2.35. The van der Waals surface area contributed by atoms with Gasteiger partial charge in [0.1, 0.15) is 5.75 Å². The molecule has 5 nitrogen and oxygen atoms in total. The summed E-state index contributed by atoms with van der Waals surface area (Å²) in [5, 5.41) is 12.1. The largest absolute Gasteiger partial charge is 0.494 e. The van der Waals surface area contributed by atoms with E-state index in [-0.39, 0.29) is 5.91 Å². The number of hydrogen-bond donors (Lipinski definition) is 2. The molecule has 0 unspecified atom stereocenters. The summed E-state index contributed by atoms with van der Waals surface area (Å²) in [6, 6.07) is 7.15. The predicted octanol–water partition coefficient (Wildman–Crippen LogP) is 2.91. The van der Waals surface area contributed by atoms with E-state index in [1.54, 1.807) is 18.2 Å². The zero-order valence-corrected chi connectivity index (χ0v) is 12.2. The number of carboxylic acid groups (broad SMARTS) is 1. The summed E-state index contributed by atoms with van der Waals surface area (Å²) in [5.41, 5.74) is 0.640. The van der Waals surface area contributed by atoms with Crippen LogP contribution in [-0.4, -0.2) is 23.6 Å². The van der Waals surface area contributed by atoms with Gasteiger partial charge in [-0.15, -0.1) is 0 Å². The van der Waals surface area contributed by atoms with Gasteiger partial charge in [-0.2, -0.15) is 0 Å². The lowest BCUT2D eigenvalue weighted by atomic mass is 9.78. The molecule has 1 aromatic rings. The zero-order chi connectivity index (χ0) is 15.2. The van der Waals surface area contributed by atoms with E-state index in [1.807, 2.05) is 13.0 Å². The third-order valence-electron chi connectivity index (χ3n) is 3.83. The topological polar surface area (TPSA) is 75.6 Å². The van der Waals surface area contributed by atoms with Crippen molar-refractivity contribution in [2.24, 2.45) is 11.8 Å². The molecular weight excluding hydrogens is 270 g/mol. The molecule has 114 valence electrons. The van der Waals surface area contributed by atoms with Crippen molar-refractivity contribution in [2.75, 3.05) is 11.9 Å². The van der Waals surface area contributed by atoms with E-state index in [4.69, 9.17) is 4.74 Å². The van der Waals surface area contributed by atoms with Crippen LogP contribution in [0, 0.1) is 11.8 Å². The van der Waals surface area contributed by atoms with Gasteiger partial charge >= 0.3 is 5.97 Å². The molecule has 2 N–H and O–H groups in total. The Balaban J connectivity index is 2.05. The van der Waals surface area contributed by atoms with Gasteiger partial charge in [0, 0.05) is 11.8 Å². The molecule has 0 aromatic heterocycles. The molecule has 1 amide bonds. The van der Waals surface area contributed by atoms with E-state index in [0.29, 0.717) is 30.9 Å². The lowest BCUT2D eigenvalue weighted by Crippen LogP contribution is -2.36. The molecule has 5 heteroatoms. The Kier molecular flexibility index (Phi) is 5.20. The Bertz CT molecular complexity index is 515. The minimum absolute atomic E-state index is 0.212. The second-order valence-corrected chi connectivity index (χ2v) is 5.29. The van der Waals surface area contributed by atoms with Crippen LogP contribution in [0.25, 0.3) is 0 Å². The van der Waals surface area contributed by atoms with Gasteiger partial charge < -0.3 is 15.2 Å². The molecule has 2 rings (SSSR count). The number of carbonyl (C=O) groups is 2. The number of aliphatic carboxylic acids is 1. The lowest BCUT2D eigenvalue weighted by Gasteiger charge is -2.27. The average Bonchev–Trinajstić information content (AvgIpc) is 2.48. The van der Waals surface area contributed by atoms with Gasteiger partial charge in [0.05, 0.1) is 18.4 Å². The van der Waals surface area contributed by atoms with Crippen molar-refractivity contribution in [3.63, 3.8) is 0 Å². The van der Waals surface area contributed by atoms with Gasteiger partial charge in [-0.25, -0.2) is 0 Å². The van der Waals surface area contributed by atoms with Crippen LogP contribution in [0.4, 0.5) is 5.69 Å². The molecule has 0 aliphatic heterocycles. The predicted molar refractivity (Wildman–Crippen MR) is 79.3 cm³/mol. The van der Waals surface area contributed by atoms with Crippen LogP contribution < -0.4 is 10.1 Å². The SMILES string of the molecule is CCOc1cccc(NC(=O)[C@@H]2CCCC[C@H]2C(=O)O)c1. The Morgan fingerprint density at radius 2 is 2.00 bits per heavy atom. The summed E-state index contributed by atoms with van der Waals surface area (Å²) in [4.78, 5) is 23.6. The van der Waals surface area contributed by atoms with Crippen molar-refractivity contribution in [1.29, 1.82) is 0 Å². The normalized spacial score (nSPS) is 21.6. The summed E-state index contributed by atoms with van der Waals surface area (Å²) < 4.78 is 5.39. The van der Waals surface area contributed by atoms with E-state index in [1.165, 1.54) is 0 Å². The second-order valence-electron chi connectivity index (χ2n) is 5.29. The van der Waals surface area contributed by atoms with E-state index < -0.39 is 17.8 Å². The molecular formula is C16H21NO4. The first kappa shape index (κ1) is 15.4. The van der Waals surface area contributed by atoms with Crippen LogP contribution in [0.3, 0.4) is 0 Å². The summed E-state index contributed by atoms with van der Waals surface area (Å²) in [5.74, 6) is -1.43. The van der Waals surface area contributed by atoms with Crippen LogP contribution in [0.5, 0.6) is 5.75 Å². The first-order valence-corrected chi connectivity index (χ1v) is 7.38. The summed E-state index contributed by atoms with van der Waals surface area (Å²) in [7, 11) is 0. The third kappa shape index (κ3) is 3.97.